The van der Waals surface area contributed by atoms with Crippen LogP contribution in [0.15, 0.2) is 108 Å². The van der Waals surface area contributed by atoms with Gasteiger partial charge in [-0.05, 0) is 72.0 Å². The SMILES string of the molecule is Cc1cccc(N(CC(=O)N(Cc2ccccc2Cl)[C@@H](Cc2ccccc2)C(=O)NCC(C)C)S(=O)(=O)c2ccc(Cl)cc2)c1. The van der Waals surface area contributed by atoms with Crippen LogP contribution in [0.3, 0.4) is 0 Å². The van der Waals surface area contributed by atoms with Gasteiger partial charge in [0.2, 0.25) is 11.8 Å². The quantitative estimate of drug-likeness (QED) is 0.168. The van der Waals surface area contributed by atoms with Crippen LogP contribution in [0.25, 0.3) is 0 Å². The fraction of sp³-hybridized carbons (Fsp3) is 0.257. The van der Waals surface area contributed by atoms with Gasteiger partial charge >= 0.3 is 0 Å². The van der Waals surface area contributed by atoms with Crippen molar-refractivity contribution in [2.45, 2.75) is 44.7 Å². The van der Waals surface area contributed by atoms with Gasteiger partial charge in [-0.25, -0.2) is 8.42 Å². The van der Waals surface area contributed by atoms with Crippen LogP contribution >= 0.6 is 23.2 Å². The number of anilines is 1. The zero-order valence-corrected chi connectivity index (χ0v) is 27.8. The Hall–Kier alpha value is -3.85. The third-order valence-electron chi connectivity index (χ3n) is 7.22. The van der Waals surface area contributed by atoms with Crippen LogP contribution in [-0.2, 0) is 32.6 Å². The molecule has 1 atom stereocenters. The average molecular weight is 667 g/mol. The number of aryl methyl sites for hydroxylation is 1. The van der Waals surface area contributed by atoms with Crippen LogP contribution in [0.1, 0.15) is 30.5 Å². The largest absolute Gasteiger partial charge is 0.354 e. The summed E-state index contributed by atoms with van der Waals surface area (Å²) >= 11 is 12.6. The summed E-state index contributed by atoms with van der Waals surface area (Å²) in [6.07, 6.45) is 0.218. The molecular formula is C35H37Cl2N3O4S. The van der Waals surface area contributed by atoms with Crippen molar-refractivity contribution >= 4 is 50.7 Å². The van der Waals surface area contributed by atoms with Gasteiger partial charge in [-0.3, -0.25) is 13.9 Å². The molecule has 45 heavy (non-hydrogen) atoms. The van der Waals surface area contributed by atoms with Crippen molar-refractivity contribution in [2.24, 2.45) is 5.92 Å². The lowest BCUT2D eigenvalue weighted by molar-refractivity contribution is -0.140. The van der Waals surface area contributed by atoms with Crippen LogP contribution in [0.4, 0.5) is 5.69 Å². The number of halogens is 2. The number of amides is 2. The molecule has 0 saturated carbocycles. The maximum absolute atomic E-state index is 14.5. The van der Waals surface area contributed by atoms with Gasteiger partial charge in [0.25, 0.3) is 10.0 Å². The number of carbonyl (C=O) groups is 2. The Morgan fingerprint density at radius 1 is 0.844 bits per heavy atom. The third-order valence-corrected chi connectivity index (χ3v) is 9.63. The molecule has 0 radical (unpaired) electrons. The van der Waals surface area contributed by atoms with Crippen molar-refractivity contribution in [3.8, 4) is 0 Å². The summed E-state index contributed by atoms with van der Waals surface area (Å²) in [6.45, 7) is 5.67. The highest BCUT2D eigenvalue weighted by Crippen LogP contribution is 2.27. The molecule has 10 heteroatoms. The van der Waals surface area contributed by atoms with E-state index in [1.165, 1.54) is 29.2 Å². The molecule has 0 heterocycles. The Labute approximate surface area is 275 Å². The molecule has 0 bridgehead atoms. The molecule has 0 spiro atoms. The van der Waals surface area contributed by atoms with Crippen LogP contribution in [-0.4, -0.2) is 44.3 Å². The first-order valence-electron chi connectivity index (χ1n) is 14.6. The van der Waals surface area contributed by atoms with Gasteiger partial charge in [0.05, 0.1) is 10.6 Å². The van der Waals surface area contributed by atoms with Gasteiger partial charge in [-0.1, -0.05) is 97.7 Å². The maximum Gasteiger partial charge on any atom is 0.264 e. The van der Waals surface area contributed by atoms with Gasteiger partial charge in [0.15, 0.2) is 0 Å². The van der Waals surface area contributed by atoms with Crippen molar-refractivity contribution in [1.82, 2.24) is 10.2 Å². The number of carbonyl (C=O) groups excluding carboxylic acids is 2. The molecule has 4 aromatic carbocycles. The standard InChI is InChI=1S/C35H37Cl2N3O4S/c1-25(2)22-38-35(42)33(21-27-11-5-4-6-12-27)39(23-28-13-7-8-15-32(28)37)34(41)24-40(30-14-9-10-26(3)20-30)45(43,44)31-18-16-29(36)17-19-31/h4-20,25,33H,21-24H2,1-3H3,(H,38,42)/t33-/m0/s1. The van der Waals surface area contributed by atoms with Crippen LogP contribution in [0, 0.1) is 12.8 Å². The fourth-order valence-corrected chi connectivity index (χ4v) is 6.56. The summed E-state index contributed by atoms with van der Waals surface area (Å²) in [5.74, 6) is -0.717. The average Bonchev–Trinajstić information content (AvgIpc) is 3.01. The molecule has 0 unspecified atom stereocenters. The second-order valence-electron chi connectivity index (χ2n) is 11.3. The minimum absolute atomic E-state index is 0.00619. The van der Waals surface area contributed by atoms with Crippen LogP contribution in [0.5, 0.6) is 0 Å². The van der Waals surface area contributed by atoms with Crippen LogP contribution < -0.4 is 9.62 Å². The third kappa shape index (κ3) is 9.10. The summed E-state index contributed by atoms with van der Waals surface area (Å²) in [5, 5.41) is 3.80. The molecule has 0 aliphatic heterocycles. The molecule has 236 valence electrons. The lowest BCUT2D eigenvalue weighted by atomic mass is 10.0. The minimum atomic E-state index is -4.22. The first-order chi connectivity index (χ1) is 21.5. The summed E-state index contributed by atoms with van der Waals surface area (Å²) in [4.78, 5) is 29.8. The topological polar surface area (TPSA) is 86.8 Å². The van der Waals surface area contributed by atoms with E-state index in [9.17, 15) is 18.0 Å². The summed E-state index contributed by atoms with van der Waals surface area (Å²) in [6, 6.07) is 28.3. The Balaban J connectivity index is 1.81. The lowest BCUT2D eigenvalue weighted by Gasteiger charge is -2.34. The van der Waals surface area contributed by atoms with E-state index in [-0.39, 0.29) is 29.7 Å². The van der Waals surface area contributed by atoms with E-state index >= 15 is 0 Å². The number of hydrogen-bond donors (Lipinski definition) is 1. The zero-order valence-electron chi connectivity index (χ0n) is 25.5. The molecular weight excluding hydrogens is 629 g/mol. The summed E-state index contributed by atoms with van der Waals surface area (Å²) < 4.78 is 29.3. The van der Waals surface area contributed by atoms with E-state index in [2.05, 4.69) is 5.32 Å². The van der Waals surface area contributed by atoms with Crippen molar-refractivity contribution in [3.63, 3.8) is 0 Å². The van der Waals surface area contributed by atoms with Crippen molar-refractivity contribution in [3.05, 3.63) is 130 Å². The molecule has 4 aromatic rings. The summed E-state index contributed by atoms with van der Waals surface area (Å²) in [5.41, 5.74) is 2.62. The van der Waals surface area contributed by atoms with E-state index in [1.54, 1.807) is 42.5 Å². The fourth-order valence-electron chi connectivity index (χ4n) is 4.83. The molecule has 0 fully saturated rings. The number of nitrogens with zero attached hydrogens (tertiary/aromatic N) is 2. The predicted molar refractivity (Wildman–Crippen MR) is 181 cm³/mol. The first-order valence-corrected chi connectivity index (χ1v) is 16.8. The Morgan fingerprint density at radius 3 is 2.16 bits per heavy atom. The van der Waals surface area contributed by atoms with Gasteiger partial charge in [0.1, 0.15) is 12.6 Å². The Morgan fingerprint density at radius 2 is 1.51 bits per heavy atom. The highest BCUT2D eigenvalue weighted by molar-refractivity contribution is 7.92. The van der Waals surface area contributed by atoms with E-state index in [1.807, 2.05) is 57.2 Å². The molecule has 0 aliphatic rings. The monoisotopic (exact) mass is 665 g/mol. The number of nitrogens with one attached hydrogen (secondary N) is 1. The molecule has 0 aromatic heterocycles. The molecule has 1 N–H and O–H groups in total. The zero-order chi connectivity index (χ0) is 32.6. The molecule has 7 nitrogen and oxygen atoms in total. The number of rotatable bonds is 13. The smallest absolute Gasteiger partial charge is 0.264 e. The molecule has 2 amide bonds. The summed E-state index contributed by atoms with van der Waals surface area (Å²) in [7, 11) is -4.22. The molecule has 4 rings (SSSR count). The minimum Gasteiger partial charge on any atom is -0.354 e. The van der Waals surface area contributed by atoms with Gasteiger partial charge in [0, 0.05) is 29.6 Å². The Bertz CT molecular complexity index is 1710. The van der Waals surface area contributed by atoms with Crippen molar-refractivity contribution in [2.75, 3.05) is 17.4 Å². The normalized spacial score (nSPS) is 12.0. The van der Waals surface area contributed by atoms with Gasteiger partial charge in [-0.2, -0.15) is 0 Å². The van der Waals surface area contributed by atoms with E-state index in [4.69, 9.17) is 23.2 Å². The molecule has 0 saturated heterocycles. The molecule has 0 aliphatic carbocycles. The predicted octanol–water partition coefficient (Wildman–Crippen LogP) is 6.91. The number of sulfonamides is 1. The second kappa shape index (κ2) is 15.4. The first kappa shape index (κ1) is 34.0. The van der Waals surface area contributed by atoms with E-state index < -0.39 is 28.5 Å². The Kier molecular flexibility index (Phi) is 11.7. The van der Waals surface area contributed by atoms with Crippen molar-refractivity contribution in [1.29, 1.82) is 0 Å². The van der Waals surface area contributed by atoms with Gasteiger partial charge in [-0.15, -0.1) is 0 Å². The van der Waals surface area contributed by atoms with Gasteiger partial charge < -0.3 is 10.2 Å². The second-order valence-corrected chi connectivity index (χ2v) is 14.0. The van der Waals surface area contributed by atoms with Crippen LogP contribution in [0.2, 0.25) is 10.0 Å². The number of benzene rings is 4. The number of hydrogen-bond acceptors (Lipinski definition) is 4. The van der Waals surface area contributed by atoms with E-state index in [0.29, 0.717) is 27.8 Å². The van der Waals surface area contributed by atoms with Crippen molar-refractivity contribution < 1.29 is 18.0 Å². The highest BCUT2D eigenvalue weighted by atomic mass is 35.5. The lowest BCUT2D eigenvalue weighted by Crippen LogP contribution is -2.53. The maximum atomic E-state index is 14.5. The van der Waals surface area contributed by atoms with E-state index in [0.717, 1.165) is 15.4 Å². The highest BCUT2D eigenvalue weighted by Gasteiger charge is 2.35.